The summed E-state index contributed by atoms with van der Waals surface area (Å²) in [4.78, 5) is 2.30. The van der Waals surface area contributed by atoms with Gasteiger partial charge in [0.25, 0.3) is 5.92 Å². The first-order chi connectivity index (χ1) is 17.2. The number of para-hydroxylation sites is 1. The number of nitrogens with one attached hydrogen (secondary N) is 1. The van der Waals surface area contributed by atoms with Gasteiger partial charge in [-0.1, -0.05) is 23.7 Å². The third kappa shape index (κ3) is 4.62. The molecule has 5 nitrogen and oxygen atoms in total. The number of alkyl halides is 2. The first-order valence-electron chi connectivity index (χ1n) is 12.6. The fourth-order valence-electron chi connectivity index (χ4n) is 5.68. The van der Waals surface area contributed by atoms with Crippen LogP contribution in [0.25, 0.3) is 5.69 Å². The van der Waals surface area contributed by atoms with Crippen LogP contribution in [0.3, 0.4) is 0 Å². The molecule has 36 heavy (non-hydrogen) atoms. The SMILES string of the molecule is Cc1nn(-c2c(F)cccc2CNC2CC2)cc1CN1CCC2(CC1)OCC(F)(F)C1C=C(Cl)SC12. The van der Waals surface area contributed by atoms with Gasteiger partial charge in [-0.25, -0.2) is 17.9 Å². The van der Waals surface area contributed by atoms with Crippen molar-refractivity contribution in [2.45, 2.75) is 68.5 Å². The quantitative estimate of drug-likeness (QED) is 0.534. The third-order valence-corrected chi connectivity index (χ3v) is 9.72. The number of fused-ring (bicyclic) bond motifs is 2. The Morgan fingerprint density at radius 1 is 1.22 bits per heavy atom. The maximum Gasteiger partial charge on any atom is 0.278 e. The van der Waals surface area contributed by atoms with Crippen LogP contribution in [0, 0.1) is 18.7 Å². The summed E-state index contributed by atoms with van der Waals surface area (Å²) in [5, 5.41) is 7.75. The number of ether oxygens (including phenoxy) is 1. The number of aryl methyl sites for hydroxylation is 1. The first-order valence-corrected chi connectivity index (χ1v) is 13.8. The molecule has 2 aromatic rings. The maximum absolute atomic E-state index is 14.9. The second-order valence-corrected chi connectivity index (χ2v) is 12.3. The topological polar surface area (TPSA) is 42.3 Å². The molecule has 2 unspecified atom stereocenters. The summed E-state index contributed by atoms with van der Waals surface area (Å²) in [5.74, 6) is -4.05. The summed E-state index contributed by atoms with van der Waals surface area (Å²) in [5.41, 5.74) is 2.68. The molecule has 4 aliphatic rings. The zero-order valence-corrected chi connectivity index (χ0v) is 21.7. The van der Waals surface area contributed by atoms with Crippen molar-refractivity contribution in [3.8, 4) is 5.69 Å². The van der Waals surface area contributed by atoms with Gasteiger partial charge in [0, 0.05) is 44.0 Å². The Morgan fingerprint density at radius 3 is 2.75 bits per heavy atom. The van der Waals surface area contributed by atoms with Gasteiger partial charge in [0.2, 0.25) is 0 Å². The number of allylic oxidation sites excluding steroid dienone is 1. The Morgan fingerprint density at radius 2 is 2.00 bits per heavy atom. The molecule has 1 aromatic heterocycles. The van der Waals surface area contributed by atoms with E-state index in [1.54, 1.807) is 10.7 Å². The predicted octanol–water partition coefficient (Wildman–Crippen LogP) is 5.38. The van der Waals surface area contributed by atoms with Gasteiger partial charge in [-0.2, -0.15) is 5.10 Å². The average molecular weight is 539 g/mol. The molecule has 194 valence electrons. The Hall–Kier alpha value is -1.52. The molecule has 0 amide bonds. The van der Waals surface area contributed by atoms with Gasteiger partial charge >= 0.3 is 0 Å². The molecule has 4 heterocycles. The largest absolute Gasteiger partial charge is 0.367 e. The highest BCUT2D eigenvalue weighted by Crippen LogP contribution is 2.56. The summed E-state index contributed by atoms with van der Waals surface area (Å²) in [6, 6.07) is 5.68. The molecule has 1 saturated carbocycles. The fourth-order valence-corrected chi connectivity index (χ4v) is 7.52. The lowest BCUT2D eigenvalue weighted by Gasteiger charge is -2.51. The zero-order valence-electron chi connectivity index (χ0n) is 20.2. The second-order valence-electron chi connectivity index (χ2n) is 10.5. The molecule has 3 fully saturated rings. The van der Waals surface area contributed by atoms with E-state index in [0.717, 1.165) is 29.9 Å². The number of hydrogen-bond acceptors (Lipinski definition) is 5. The van der Waals surface area contributed by atoms with Crippen molar-refractivity contribution in [2.24, 2.45) is 5.92 Å². The lowest BCUT2D eigenvalue weighted by molar-refractivity contribution is -0.215. The van der Waals surface area contributed by atoms with Crippen LogP contribution in [0.1, 0.15) is 42.5 Å². The summed E-state index contributed by atoms with van der Waals surface area (Å²) < 4.78 is 51.8. The first kappa shape index (κ1) is 24.8. The van der Waals surface area contributed by atoms with Crippen molar-refractivity contribution in [3.63, 3.8) is 0 Å². The van der Waals surface area contributed by atoms with Crippen LogP contribution in [0.4, 0.5) is 13.2 Å². The predicted molar refractivity (Wildman–Crippen MR) is 135 cm³/mol. The normalized spacial score (nSPS) is 27.3. The van der Waals surface area contributed by atoms with Crippen molar-refractivity contribution in [1.29, 1.82) is 0 Å². The molecule has 0 bridgehead atoms. The Bertz CT molecular complexity index is 1180. The lowest BCUT2D eigenvalue weighted by atomic mass is 9.77. The van der Waals surface area contributed by atoms with Gasteiger partial charge in [0.15, 0.2) is 0 Å². The summed E-state index contributed by atoms with van der Waals surface area (Å²) in [7, 11) is 0. The van der Waals surface area contributed by atoms with Gasteiger partial charge < -0.3 is 10.1 Å². The highest BCUT2D eigenvalue weighted by Gasteiger charge is 2.60. The van der Waals surface area contributed by atoms with E-state index in [1.807, 2.05) is 19.2 Å². The Balaban J connectivity index is 1.15. The molecule has 1 aromatic carbocycles. The van der Waals surface area contributed by atoms with Crippen molar-refractivity contribution in [1.82, 2.24) is 20.0 Å². The van der Waals surface area contributed by atoms with Crippen LogP contribution >= 0.6 is 23.4 Å². The van der Waals surface area contributed by atoms with E-state index in [9.17, 15) is 13.2 Å². The van der Waals surface area contributed by atoms with Gasteiger partial charge in [-0.05, 0) is 50.3 Å². The molecular formula is C26H30ClF3N4OS. The fraction of sp³-hybridized carbons (Fsp3) is 0.577. The standard InChI is InChI=1S/C26H30ClF3N4OS/c1-16-18(14-34(32-16)23-17(3-2-4-21(23)28)12-31-19-5-6-19)13-33-9-7-25(8-10-33)24-20(11-22(27)36-24)26(29,30)15-35-25/h2-4,11,14,19-20,24,31H,5-10,12-13,15H2,1H3. The highest BCUT2D eigenvalue weighted by molar-refractivity contribution is 8.05. The minimum absolute atomic E-state index is 0.291. The molecule has 1 aliphatic carbocycles. The maximum atomic E-state index is 14.9. The highest BCUT2D eigenvalue weighted by atomic mass is 35.5. The number of hydrogen-bond donors (Lipinski definition) is 1. The van der Waals surface area contributed by atoms with Crippen LogP contribution in [-0.4, -0.2) is 57.2 Å². The smallest absolute Gasteiger partial charge is 0.278 e. The van der Waals surface area contributed by atoms with E-state index in [-0.39, 0.29) is 11.1 Å². The molecule has 6 rings (SSSR count). The molecule has 1 N–H and O–H groups in total. The van der Waals surface area contributed by atoms with Crippen molar-refractivity contribution < 1.29 is 17.9 Å². The van der Waals surface area contributed by atoms with Crippen molar-refractivity contribution in [3.05, 3.63) is 57.5 Å². The summed E-state index contributed by atoms with van der Waals surface area (Å²) in [6.07, 6.45) is 7.12. The molecule has 2 atom stereocenters. The third-order valence-electron chi connectivity index (χ3n) is 7.99. The van der Waals surface area contributed by atoms with Crippen LogP contribution < -0.4 is 5.32 Å². The number of piperidine rings is 1. The number of likely N-dealkylation sites (tertiary alicyclic amines) is 1. The molecule has 0 radical (unpaired) electrons. The van der Waals surface area contributed by atoms with E-state index in [2.05, 4.69) is 15.3 Å². The number of rotatable bonds is 6. The summed E-state index contributed by atoms with van der Waals surface area (Å²) >= 11 is 7.50. The Kier molecular flexibility index (Phi) is 6.44. The minimum atomic E-state index is -2.89. The van der Waals surface area contributed by atoms with E-state index < -0.39 is 24.0 Å². The summed E-state index contributed by atoms with van der Waals surface area (Å²) in [6.45, 7) is 4.13. The molecular weight excluding hydrogens is 509 g/mol. The van der Waals surface area contributed by atoms with Crippen LogP contribution in [-0.2, 0) is 17.8 Å². The van der Waals surface area contributed by atoms with Crippen LogP contribution in [0.5, 0.6) is 0 Å². The number of aromatic nitrogens is 2. The van der Waals surface area contributed by atoms with Gasteiger partial charge in [-0.15, -0.1) is 11.8 Å². The van der Waals surface area contributed by atoms with E-state index >= 15 is 0 Å². The molecule has 2 saturated heterocycles. The van der Waals surface area contributed by atoms with E-state index in [1.165, 1.54) is 36.7 Å². The minimum Gasteiger partial charge on any atom is -0.367 e. The molecule has 1 spiro atoms. The lowest BCUT2D eigenvalue weighted by Crippen LogP contribution is -2.61. The van der Waals surface area contributed by atoms with Crippen LogP contribution in [0.2, 0.25) is 0 Å². The average Bonchev–Trinajstić information content (AvgIpc) is 3.48. The second kappa shape index (κ2) is 9.34. The number of thioether (sulfide) groups is 1. The van der Waals surface area contributed by atoms with Gasteiger partial charge in [0.1, 0.15) is 18.1 Å². The van der Waals surface area contributed by atoms with Gasteiger partial charge in [-0.3, -0.25) is 4.90 Å². The molecule has 10 heteroatoms. The molecule has 3 aliphatic heterocycles. The number of halogens is 4. The van der Waals surface area contributed by atoms with Crippen molar-refractivity contribution >= 4 is 23.4 Å². The number of benzene rings is 1. The number of nitrogens with zero attached hydrogens (tertiary/aromatic N) is 3. The zero-order chi connectivity index (χ0) is 25.1. The van der Waals surface area contributed by atoms with Crippen molar-refractivity contribution in [2.75, 3.05) is 19.7 Å². The monoisotopic (exact) mass is 538 g/mol. The van der Waals surface area contributed by atoms with E-state index in [4.69, 9.17) is 16.3 Å². The van der Waals surface area contributed by atoms with Crippen LogP contribution in [0.15, 0.2) is 34.8 Å². The van der Waals surface area contributed by atoms with Gasteiger partial charge in [0.05, 0.1) is 26.8 Å². The Labute approximate surface area is 218 Å². The van der Waals surface area contributed by atoms with E-state index in [0.29, 0.717) is 42.0 Å².